The molecule has 1 N–H and O–H groups in total. The van der Waals surface area contributed by atoms with Gasteiger partial charge in [-0.1, -0.05) is 30.3 Å². The topological polar surface area (TPSA) is 39.3 Å². The second-order valence-electron chi connectivity index (χ2n) is 9.08. The molecule has 3 aromatic carbocycles. The van der Waals surface area contributed by atoms with Crippen LogP contribution in [-0.2, 0) is 0 Å². The number of benzene rings is 3. The number of H-pyrrole nitrogens is 1. The first-order valence-electron chi connectivity index (χ1n) is 11.6. The van der Waals surface area contributed by atoms with Gasteiger partial charge >= 0.3 is 0 Å². The van der Waals surface area contributed by atoms with Gasteiger partial charge in [-0.2, -0.15) is 0 Å². The van der Waals surface area contributed by atoms with E-state index in [1.54, 1.807) is 6.07 Å². The summed E-state index contributed by atoms with van der Waals surface area (Å²) in [6, 6.07) is 20.3. The molecule has 4 nitrogen and oxygen atoms in total. The van der Waals surface area contributed by atoms with E-state index < -0.39 is 17.2 Å². The number of hydrogen-bond acceptors (Lipinski definition) is 3. The maximum absolute atomic E-state index is 14.3. The van der Waals surface area contributed by atoms with Gasteiger partial charge in [-0.15, -0.1) is 0 Å². The van der Waals surface area contributed by atoms with Gasteiger partial charge in [0.25, 0.3) is 5.56 Å². The molecule has 1 aromatic heterocycles. The monoisotopic (exact) mass is 459 g/mol. The van der Waals surface area contributed by atoms with Crippen LogP contribution < -0.4 is 10.5 Å². The van der Waals surface area contributed by atoms with Crippen LogP contribution in [-0.4, -0.2) is 42.1 Å². The summed E-state index contributed by atoms with van der Waals surface area (Å²) in [5.74, 6) is -2.00. The van der Waals surface area contributed by atoms with Crippen LogP contribution in [0.1, 0.15) is 13.8 Å². The van der Waals surface area contributed by atoms with Crippen LogP contribution in [0.4, 0.5) is 14.5 Å². The van der Waals surface area contributed by atoms with Crippen molar-refractivity contribution in [2.75, 3.05) is 31.1 Å². The van der Waals surface area contributed by atoms with Gasteiger partial charge in [0, 0.05) is 49.0 Å². The van der Waals surface area contributed by atoms with Gasteiger partial charge in [0.15, 0.2) is 11.6 Å². The lowest BCUT2D eigenvalue weighted by Crippen LogP contribution is -2.48. The lowest BCUT2D eigenvalue weighted by atomic mass is 10.00. The van der Waals surface area contributed by atoms with Crippen molar-refractivity contribution < 1.29 is 8.78 Å². The van der Waals surface area contributed by atoms with Crippen molar-refractivity contribution in [1.82, 2.24) is 9.88 Å². The van der Waals surface area contributed by atoms with Gasteiger partial charge in [0.05, 0.1) is 5.56 Å². The summed E-state index contributed by atoms with van der Waals surface area (Å²) in [5.41, 5.74) is 3.51. The summed E-state index contributed by atoms with van der Waals surface area (Å²) in [6.45, 7) is 8.64. The normalized spacial score (nSPS) is 14.8. The van der Waals surface area contributed by atoms with Gasteiger partial charge in [-0.3, -0.25) is 9.69 Å². The summed E-state index contributed by atoms with van der Waals surface area (Å²) < 4.78 is 28.1. The molecule has 1 fully saturated rings. The Labute approximate surface area is 197 Å². The van der Waals surface area contributed by atoms with Crippen LogP contribution in [0.2, 0.25) is 0 Å². The van der Waals surface area contributed by atoms with Gasteiger partial charge in [0.2, 0.25) is 0 Å². The maximum atomic E-state index is 14.3. The van der Waals surface area contributed by atoms with Gasteiger partial charge in [-0.25, -0.2) is 8.78 Å². The van der Waals surface area contributed by atoms with Crippen LogP contribution in [0, 0.1) is 11.6 Å². The highest BCUT2D eigenvalue weighted by atomic mass is 19.2. The van der Waals surface area contributed by atoms with Crippen molar-refractivity contribution in [3.05, 3.63) is 88.7 Å². The molecule has 0 amide bonds. The predicted octanol–water partition coefficient (Wildman–Crippen LogP) is 5.67. The highest BCUT2D eigenvalue weighted by molar-refractivity contribution is 5.88. The highest BCUT2D eigenvalue weighted by Gasteiger charge is 2.19. The molecule has 2 heterocycles. The lowest BCUT2D eigenvalue weighted by Gasteiger charge is -2.38. The number of fused-ring (bicyclic) bond motifs is 1. The molecule has 0 radical (unpaired) electrons. The fourth-order valence-corrected chi connectivity index (χ4v) is 4.66. The number of hydrogen-bond donors (Lipinski definition) is 1. The molecule has 1 aliphatic rings. The third-order valence-electron chi connectivity index (χ3n) is 6.70. The maximum Gasteiger partial charge on any atom is 0.256 e. The number of aromatic amines is 1. The zero-order valence-corrected chi connectivity index (χ0v) is 19.3. The van der Waals surface area contributed by atoms with Crippen molar-refractivity contribution in [1.29, 1.82) is 0 Å². The molecular weight excluding hydrogens is 432 g/mol. The van der Waals surface area contributed by atoms with E-state index >= 15 is 0 Å². The molecule has 0 bridgehead atoms. The first-order chi connectivity index (χ1) is 16.4. The molecule has 4 aromatic rings. The van der Waals surface area contributed by atoms with E-state index in [2.05, 4.69) is 52.9 Å². The number of nitrogens with one attached hydrogen (secondary N) is 1. The van der Waals surface area contributed by atoms with Crippen molar-refractivity contribution in [3.63, 3.8) is 0 Å². The fourth-order valence-electron chi connectivity index (χ4n) is 4.66. The Balaban J connectivity index is 1.44. The largest absolute Gasteiger partial charge is 0.369 e. The van der Waals surface area contributed by atoms with Crippen LogP contribution in [0.15, 0.2) is 71.5 Å². The second kappa shape index (κ2) is 9.03. The van der Waals surface area contributed by atoms with Crippen molar-refractivity contribution in [2.24, 2.45) is 0 Å². The number of piperazine rings is 1. The molecule has 0 unspecified atom stereocenters. The van der Waals surface area contributed by atoms with E-state index in [-0.39, 0.29) is 11.1 Å². The molecule has 34 heavy (non-hydrogen) atoms. The number of halogens is 2. The predicted molar refractivity (Wildman–Crippen MR) is 134 cm³/mol. The standard InChI is InChI=1S/C28H27F2N3O/c1-18(2)32-12-14-33(15-13-32)22-9-6-19(7-10-22)20-8-11-26-21(16-20)17-24(28(34)31-26)23-4-3-5-25(29)27(23)30/h3-11,16-18H,12-15H2,1-2H3,(H,31,34). The minimum Gasteiger partial charge on any atom is -0.369 e. The van der Waals surface area contributed by atoms with Crippen molar-refractivity contribution in [2.45, 2.75) is 19.9 Å². The van der Waals surface area contributed by atoms with E-state index in [1.165, 1.54) is 17.8 Å². The fraction of sp³-hybridized carbons (Fsp3) is 0.250. The smallest absolute Gasteiger partial charge is 0.256 e. The van der Waals surface area contributed by atoms with E-state index in [0.717, 1.165) is 48.8 Å². The third-order valence-corrected chi connectivity index (χ3v) is 6.70. The quantitative estimate of drug-likeness (QED) is 0.427. The summed E-state index contributed by atoms with van der Waals surface area (Å²) in [5, 5.41) is 0.754. The van der Waals surface area contributed by atoms with Crippen LogP contribution in [0.3, 0.4) is 0 Å². The molecule has 6 heteroatoms. The average molecular weight is 460 g/mol. The SMILES string of the molecule is CC(C)N1CCN(c2ccc(-c3ccc4[nH]c(=O)c(-c5cccc(F)c5F)cc4c3)cc2)CC1. The van der Waals surface area contributed by atoms with Crippen molar-refractivity contribution in [3.8, 4) is 22.3 Å². The second-order valence-corrected chi connectivity index (χ2v) is 9.08. The first kappa shape index (κ1) is 22.3. The Morgan fingerprint density at radius 2 is 1.53 bits per heavy atom. The molecule has 0 aliphatic carbocycles. The lowest BCUT2D eigenvalue weighted by molar-refractivity contribution is 0.209. The van der Waals surface area contributed by atoms with E-state index in [9.17, 15) is 13.6 Å². The summed E-state index contributed by atoms with van der Waals surface area (Å²) in [7, 11) is 0. The molecule has 0 saturated carbocycles. The van der Waals surface area contributed by atoms with Crippen LogP contribution in [0.25, 0.3) is 33.2 Å². The minimum atomic E-state index is -1.02. The average Bonchev–Trinajstić information content (AvgIpc) is 2.85. The third kappa shape index (κ3) is 4.21. The zero-order chi connectivity index (χ0) is 23.8. The number of aromatic nitrogens is 1. The molecule has 1 saturated heterocycles. The van der Waals surface area contributed by atoms with Gasteiger partial charge in [0.1, 0.15) is 0 Å². The summed E-state index contributed by atoms with van der Waals surface area (Å²) in [4.78, 5) is 20.2. The minimum absolute atomic E-state index is 0.0459. The molecule has 5 rings (SSSR count). The molecule has 174 valence electrons. The number of rotatable bonds is 4. The zero-order valence-electron chi connectivity index (χ0n) is 19.3. The number of pyridine rings is 1. The van der Waals surface area contributed by atoms with E-state index in [0.29, 0.717) is 11.6 Å². The van der Waals surface area contributed by atoms with Crippen molar-refractivity contribution >= 4 is 16.6 Å². The van der Waals surface area contributed by atoms with Gasteiger partial charge < -0.3 is 9.88 Å². The Morgan fingerprint density at radius 3 is 2.24 bits per heavy atom. The van der Waals surface area contributed by atoms with E-state index in [1.807, 2.05) is 18.2 Å². The van der Waals surface area contributed by atoms with Crippen LogP contribution in [0.5, 0.6) is 0 Å². The number of nitrogens with zero attached hydrogens (tertiary/aromatic N) is 2. The molecule has 0 spiro atoms. The molecule has 1 aliphatic heterocycles. The Kier molecular flexibility index (Phi) is 5.92. The highest BCUT2D eigenvalue weighted by Crippen LogP contribution is 2.29. The first-order valence-corrected chi connectivity index (χ1v) is 11.6. The Hall–Kier alpha value is -3.51. The molecular formula is C28H27F2N3O. The summed E-state index contributed by atoms with van der Waals surface area (Å²) >= 11 is 0. The molecule has 0 atom stereocenters. The summed E-state index contributed by atoms with van der Waals surface area (Å²) in [6.07, 6.45) is 0. The Bertz CT molecular complexity index is 1390. The van der Waals surface area contributed by atoms with E-state index in [4.69, 9.17) is 0 Å². The van der Waals surface area contributed by atoms with Crippen LogP contribution >= 0.6 is 0 Å². The number of anilines is 1. The Morgan fingerprint density at radius 1 is 0.824 bits per heavy atom. The van der Waals surface area contributed by atoms with Gasteiger partial charge in [-0.05, 0) is 66.8 Å².